The molecule has 0 spiro atoms. The SMILES string of the molecule is CCC1CCC(NC)C(CN(CCO)C2CCCCC2)C1. The molecule has 21 heavy (non-hydrogen) atoms. The standard InChI is InChI=1S/C18H36N2O/c1-3-15-9-10-18(19-2)16(13-15)14-20(11-12-21)17-7-5-4-6-8-17/h15-19,21H,3-14H2,1-2H3. The Morgan fingerprint density at radius 2 is 1.86 bits per heavy atom. The monoisotopic (exact) mass is 296 g/mol. The maximum absolute atomic E-state index is 9.46. The summed E-state index contributed by atoms with van der Waals surface area (Å²) in [4.78, 5) is 2.62. The third kappa shape index (κ3) is 4.94. The summed E-state index contributed by atoms with van der Waals surface area (Å²) in [5.41, 5.74) is 0. The molecule has 0 aliphatic heterocycles. The number of aliphatic hydroxyl groups is 1. The lowest BCUT2D eigenvalue weighted by Gasteiger charge is -2.42. The second-order valence-electron chi connectivity index (χ2n) is 7.25. The first-order valence-electron chi connectivity index (χ1n) is 9.30. The van der Waals surface area contributed by atoms with Gasteiger partial charge in [0.05, 0.1) is 6.61 Å². The molecule has 2 N–H and O–H groups in total. The largest absolute Gasteiger partial charge is 0.395 e. The molecule has 0 aromatic heterocycles. The van der Waals surface area contributed by atoms with Crippen LogP contribution in [0.4, 0.5) is 0 Å². The van der Waals surface area contributed by atoms with E-state index in [0.717, 1.165) is 24.4 Å². The molecule has 2 saturated carbocycles. The van der Waals surface area contributed by atoms with Crippen LogP contribution in [0.2, 0.25) is 0 Å². The normalized spacial score (nSPS) is 31.7. The zero-order chi connectivity index (χ0) is 15.1. The third-order valence-corrected chi connectivity index (χ3v) is 5.99. The van der Waals surface area contributed by atoms with Crippen LogP contribution in [0, 0.1) is 11.8 Å². The van der Waals surface area contributed by atoms with Gasteiger partial charge in [-0.25, -0.2) is 0 Å². The van der Waals surface area contributed by atoms with Gasteiger partial charge in [-0.05, 0) is 51.0 Å². The van der Waals surface area contributed by atoms with Crippen molar-refractivity contribution in [2.45, 2.75) is 76.8 Å². The van der Waals surface area contributed by atoms with E-state index in [1.165, 1.54) is 64.3 Å². The summed E-state index contributed by atoms with van der Waals surface area (Å²) in [5, 5.41) is 13.0. The molecule has 124 valence electrons. The molecule has 0 aromatic carbocycles. The molecular formula is C18H36N2O. The summed E-state index contributed by atoms with van der Waals surface area (Å²) < 4.78 is 0. The number of rotatable bonds is 7. The summed E-state index contributed by atoms with van der Waals surface area (Å²) in [6.45, 7) is 4.71. The van der Waals surface area contributed by atoms with Gasteiger partial charge in [-0.1, -0.05) is 32.6 Å². The van der Waals surface area contributed by atoms with Crippen LogP contribution in [0.25, 0.3) is 0 Å². The number of aliphatic hydroxyl groups excluding tert-OH is 1. The van der Waals surface area contributed by atoms with E-state index >= 15 is 0 Å². The van der Waals surface area contributed by atoms with Gasteiger partial charge in [-0.15, -0.1) is 0 Å². The zero-order valence-corrected chi connectivity index (χ0v) is 14.2. The lowest BCUT2D eigenvalue weighted by molar-refractivity contribution is 0.0772. The van der Waals surface area contributed by atoms with Gasteiger partial charge in [0.2, 0.25) is 0 Å². The minimum atomic E-state index is 0.310. The topological polar surface area (TPSA) is 35.5 Å². The predicted octanol–water partition coefficient (Wildman–Crippen LogP) is 3.03. The molecule has 2 rings (SSSR count). The molecule has 3 nitrogen and oxygen atoms in total. The average molecular weight is 296 g/mol. The van der Waals surface area contributed by atoms with Crippen molar-refractivity contribution in [1.82, 2.24) is 10.2 Å². The molecule has 0 saturated heterocycles. The van der Waals surface area contributed by atoms with Crippen molar-refractivity contribution >= 4 is 0 Å². The fourth-order valence-corrected chi connectivity index (χ4v) is 4.61. The van der Waals surface area contributed by atoms with Gasteiger partial charge in [0.15, 0.2) is 0 Å². The van der Waals surface area contributed by atoms with Gasteiger partial charge in [0.1, 0.15) is 0 Å². The van der Waals surface area contributed by atoms with Crippen LogP contribution in [-0.4, -0.2) is 48.8 Å². The van der Waals surface area contributed by atoms with Gasteiger partial charge in [0, 0.05) is 25.2 Å². The van der Waals surface area contributed by atoms with Gasteiger partial charge in [0.25, 0.3) is 0 Å². The molecule has 0 aromatic rings. The molecule has 2 fully saturated rings. The highest BCUT2D eigenvalue weighted by atomic mass is 16.3. The molecule has 3 heteroatoms. The van der Waals surface area contributed by atoms with Crippen LogP contribution in [0.5, 0.6) is 0 Å². The minimum Gasteiger partial charge on any atom is -0.395 e. The zero-order valence-electron chi connectivity index (χ0n) is 14.2. The summed E-state index contributed by atoms with van der Waals surface area (Å²) in [5.74, 6) is 1.68. The van der Waals surface area contributed by atoms with Crippen molar-refractivity contribution < 1.29 is 5.11 Å². The van der Waals surface area contributed by atoms with E-state index in [1.807, 2.05) is 0 Å². The van der Waals surface area contributed by atoms with Gasteiger partial charge >= 0.3 is 0 Å². The first kappa shape index (κ1) is 17.2. The van der Waals surface area contributed by atoms with E-state index in [1.54, 1.807) is 0 Å². The highest BCUT2D eigenvalue weighted by Gasteiger charge is 2.32. The minimum absolute atomic E-state index is 0.310. The van der Waals surface area contributed by atoms with Gasteiger partial charge < -0.3 is 10.4 Å². The summed E-state index contributed by atoms with van der Waals surface area (Å²) >= 11 is 0. The van der Waals surface area contributed by atoms with Crippen molar-refractivity contribution in [2.75, 3.05) is 26.7 Å². The Labute approximate surface area is 131 Å². The Balaban J connectivity index is 1.95. The predicted molar refractivity (Wildman–Crippen MR) is 89.5 cm³/mol. The number of nitrogens with zero attached hydrogens (tertiary/aromatic N) is 1. The molecular weight excluding hydrogens is 260 g/mol. The maximum atomic E-state index is 9.46. The second-order valence-corrected chi connectivity index (χ2v) is 7.25. The Morgan fingerprint density at radius 1 is 1.10 bits per heavy atom. The van der Waals surface area contributed by atoms with E-state index in [4.69, 9.17) is 0 Å². The smallest absolute Gasteiger partial charge is 0.0558 e. The lowest BCUT2D eigenvalue weighted by Crippen LogP contribution is -2.48. The molecule has 2 aliphatic carbocycles. The van der Waals surface area contributed by atoms with Gasteiger partial charge in [-0.2, -0.15) is 0 Å². The number of hydrogen-bond donors (Lipinski definition) is 2. The Bertz CT molecular complexity index is 278. The summed E-state index contributed by atoms with van der Waals surface area (Å²) in [6.07, 6.45) is 12.3. The number of nitrogens with one attached hydrogen (secondary N) is 1. The Morgan fingerprint density at radius 3 is 2.48 bits per heavy atom. The molecule has 0 bridgehead atoms. The Kier molecular flexibility index (Phi) is 7.48. The first-order valence-corrected chi connectivity index (χ1v) is 9.30. The molecule has 3 unspecified atom stereocenters. The van der Waals surface area contributed by atoms with Crippen molar-refractivity contribution in [1.29, 1.82) is 0 Å². The second kappa shape index (κ2) is 9.12. The van der Waals surface area contributed by atoms with Crippen LogP contribution < -0.4 is 5.32 Å². The van der Waals surface area contributed by atoms with Crippen molar-refractivity contribution in [2.24, 2.45) is 11.8 Å². The van der Waals surface area contributed by atoms with Crippen molar-refractivity contribution in [3.8, 4) is 0 Å². The van der Waals surface area contributed by atoms with Crippen LogP contribution in [-0.2, 0) is 0 Å². The molecule has 0 radical (unpaired) electrons. The lowest BCUT2D eigenvalue weighted by atomic mass is 9.76. The maximum Gasteiger partial charge on any atom is 0.0558 e. The highest BCUT2D eigenvalue weighted by molar-refractivity contribution is 4.87. The fourth-order valence-electron chi connectivity index (χ4n) is 4.61. The molecule has 2 aliphatic rings. The average Bonchev–Trinajstić information content (AvgIpc) is 2.55. The van der Waals surface area contributed by atoms with Crippen LogP contribution in [0.3, 0.4) is 0 Å². The van der Waals surface area contributed by atoms with E-state index < -0.39 is 0 Å². The fraction of sp³-hybridized carbons (Fsp3) is 1.00. The van der Waals surface area contributed by atoms with Gasteiger partial charge in [-0.3, -0.25) is 4.90 Å². The summed E-state index contributed by atoms with van der Waals surface area (Å²) in [6, 6.07) is 1.41. The van der Waals surface area contributed by atoms with E-state index in [0.29, 0.717) is 12.6 Å². The molecule has 0 amide bonds. The summed E-state index contributed by atoms with van der Waals surface area (Å²) in [7, 11) is 2.13. The van der Waals surface area contributed by atoms with E-state index in [-0.39, 0.29) is 0 Å². The van der Waals surface area contributed by atoms with Crippen LogP contribution in [0.15, 0.2) is 0 Å². The quantitative estimate of drug-likeness (QED) is 0.758. The highest BCUT2D eigenvalue weighted by Crippen LogP contribution is 2.33. The van der Waals surface area contributed by atoms with Crippen LogP contribution in [0.1, 0.15) is 64.7 Å². The van der Waals surface area contributed by atoms with E-state index in [9.17, 15) is 5.11 Å². The first-order chi connectivity index (χ1) is 10.3. The van der Waals surface area contributed by atoms with Crippen molar-refractivity contribution in [3.05, 3.63) is 0 Å². The van der Waals surface area contributed by atoms with Crippen molar-refractivity contribution in [3.63, 3.8) is 0 Å². The van der Waals surface area contributed by atoms with E-state index in [2.05, 4.69) is 24.2 Å². The number of hydrogen-bond acceptors (Lipinski definition) is 3. The molecule has 3 atom stereocenters. The Hall–Kier alpha value is -0.120. The van der Waals surface area contributed by atoms with Crippen LogP contribution >= 0.6 is 0 Å². The third-order valence-electron chi connectivity index (χ3n) is 5.99. The molecule has 0 heterocycles.